The molecule has 0 saturated heterocycles. The molecule has 0 bridgehead atoms. The Morgan fingerprint density at radius 3 is 2.44 bits per heavy atom. The molecule has 4 rings (SSSR count). The number of rotatable bonds is 7. The Kier molecular flexibility index (Phi) is 6.77. The molecule has 0 saturated carbocycles. The molecule has 0 aliphatic rings. The molecule has 172 valence electrons. The van der Waals surface area contributed by atoms with Gasteiger partial charge in [-0.15, -0.1) is 0 Å². The maximum atomic E-state index is 13.0. The third-order valence-corrected chi connectivity index (χ3v) is 5.46. The minimum Gasteiger partial charge on any atom is -0.350 e. The standard InChI is InChI=1S/C26H23FN4O3/c1-17(18-8-12-21(13-9-18)30-25(33)19-6-10-20(27)11-7-19)29-24(32)14-15-31-16-28-23-5-3-2-4-22(23)26(31)34/h2-13,16-17H,14-15H2,1H3,(H,29,32)(H,30,33). The van der Waals surface area contributed by atoms with Crippen molar-refractivity contribution in [3.63, 3.8) is 0 Å². The number of benzene rings is 3. The summed E-state index contributed by atoms with van der Waals surface area (Å²) in [6, 6.07) is 19.2. The minimum atomic E-state index is -0.405. The molecular weight excluding hydrogens is 435 g/mol. The van der Waals surface area contributed by atoms with Crippen LogP contribution in [0.3, 0.4) is 0 Å². The monoisotopic (exact) mass is 458 g/mol. The lowest BCUT2D eigenvalue weighted by atomic mass is 10.1. The van der Waals surface area contributed by atoms with E-state index in [1.165, 1.54) is 35.2 Å². The van der Waals surface area contributed by atoms with E-state index in [4.69, 9.17) is 0 Å². The number of nitrogens with zero attached hydrogens (tertiary/aromatic N) is 2. The van der Waals surface area contributed by atoms with Crippen LogP contribution in [0.15, 0.2) is 83.9 Å². The molecule has 0 radical (unpaired) electrons. The first-order valence-corrected chi connectivity index (χ1v) is 10.8. The van der Waals surface area contributed by atoms with Crippen LogP contribution in [0.5, 0.6) is 0 Å². The van der Waals surface area contributed by atoms with E-state index in [1.54, 1.807) is 30.3 Å². The quantitative estimate of drug-likeness (QED) is 0.437. The lowest BCUT2D eigenvalue weighted by Gasteiger charge is -2.15. The Morgan fingerprint density at radius 1 is 1.00 bits per heavy atom. The van der Waals surface area contributed by atoms with Gasteiger partial charge in [-0.25, -0.2) is 9.37 Å². The van der Waals surface area contributed by atoms with Gasteiger partial charge >= 0.3 is 0 Å². The van der Waals surface area contributed by atoms with Crippen LogP contribution in [0.1, 0.15) is 35.3 Å². The number of hydrogen-bond donors (Lipinski definition) is 2. The average molecular weight is 458 g/mol. The molecule has 8 heteroatoms. The van der Waals surface area contributed by atoms with E-state index in [1.807, 2.05) is 25.1 Å². The van der Waals surface area contributed by atoms with Crippen molar-refractivity contribution in [3.05, 3.63) is 106 Å². The normalized spacial score (nSPS) is 11.7. The Hall–Kier alpha value is -4.33. The van der Waals surface area contributed by atoms with Crippen LogP contribution in [0.4, 0.5) is 10.1 Å². The van der Waals surface area contributed by atoms with E-state index in [-0.39, 0.29) is 36.4 Å². The number of amides is 2. The van der Waals surface area contributed by atoms with Crippen LogP contribution in [0.25, 0.3) is 10.9 Å². The second-order valence-electron chi connectivity index (χ2n) is 7.88. The number of anilines is 1. The summed E-state index contributed by atoms with van der Waals surface area (Å²) in [4.78, 5) is 41.5. The molecule has 1 aromatic heterocycles. The highest BCUT2D eigenvalue weighted by atomic mass is 19.1. The summed E-state index contributed by atoms with van der Waals surface area (Å²) < 4.78 is 14.5. The highest BCUT2D eigenvalue weighted by Crippen LogP contribution is 2.17. The number of halogens is 1. The lowest BCUT2D eigenvalue weighted by Crippen LogP contribution is -2.29. The first-order valence-electron chi connectivity index (χ1n) is 10.8. The van der Waals surface area contributed by atoms with E-state index in [9.17, 15) is 18.8 Å². The third-order valence-electron chi connectivity index (χ3n) is 5.46. The summed E-state index contributed by atoms with van der Waals surface area (Å²) in [5.41, 5.74) is 2.24. The fourth-order valence-electron chi connectivity index (χ4n) is 3.54. The Bertz CT molecular complexity index is 1380. The topological polar surface area (TPSA) is 93.1 Å². The molecule has 1 atom stereocenters. The highest BCUT2D eigenvalue weighted by molar-refractivity contribution is 6.04. The summed E-state index contributed by atoms with van der Waals surface area (Å²) in [5, 5.41) is 6.19. The van der Waals surface area contributed by atoms with Crippen molar-refractivity contribution in [2.24, 2.45) is 0 Å². The van der Waals surface area contributed by atoms with Gasteiger partial charge in [-0.2, -0.15) is 0 Å². The van der Waals surface area contributed by atoms with Crippen LogP contribution in [0, 0.1) is 5.82 Å². The maximum absolute atomic E-state index is 13.0. The molecule has 2 amide bonds. The SMILES string of the molecule is CC(NC(=O)CCn1cnc2ccccc2c1=O)c1ccc(NC(=O)c2ccc(F)cc2)cc1. The number of para-hydroxylation sites is 1. The predicted molar refractivity (Wildman–Crippen MR) is 128 cm³/mol. The van der Waals surface area contributed by atoms with Gasteiger partial charge < -0.3 is 10.6 Å². The number of nitrogens with one attached hydrogen (secondary N) is 2. The second-order valence-corrected chi connectivity index (χ2v) is 7.88. The summed E-state index contributed by atoms with van der Waals surface area (Å²) >= 11 is 0. The third kappa shape index (κ3) is 5.35. The summed E-state index contributed by atoms with van der Waals surface area (Å²) in [5.74, 6) is -0.938. The molecule has 7 nitrogen and oxygen atoms in total. The molecule has 0 aliphatic heterocycles. The van der Waals surface area contributed by atoms with Gasteiger partial charge in [0.2, 0.25) is 5.91 Å². The fraction of sp³-hybridized carbons (Fsp3) is 0.154. The van der Waals surface area contributed by atoms with Gasteiger partial charge in [0.05, 0.1) is 23.3 Å². The molecule has 1 heterocycles. The molecule has 34 heavy (non-hydrogen) atoms. The Morgan fingerprint density at radius 2 is 1.71 bits per heavy atom. The average Bonchev–Trinajstić information content (AvgIpc) is 2.84. The lowest BCUT2D eigenvalue weighted by molar-refractivity contribution is -0.122. The molecule has 2 N–H and O–H groups in total. The maximum Gasteiger partial charge on any atom is 0.261 e. The van der Waals surface area contributed by atoms with E-state index in [0.717, 1.165) is 5.56 Å². The van der Waals surface area contributed by atoms with Gasteiger partial charge in [0.15, 0.2) is 0 Å². The number of carbonyl (C=O) groups is 2. The van der Waals surface area contributed by atoms with Crippen LogP contribution < -0.4 is 16.2 Å². The van der Waals surface area contributed by atoms with Gasteiger partial charge in [-0.1, -0.05) is 24.3 Å². The van der Waals surface area contributed by atoms with Crippen LogP contribution >= 0.6 is 0 Å². The highest BCUT2D eigenvalue weighted by Gasteiger charge is 2.12. The molecule has 1 unspecified atom stereocenters. The Labute approximate surface area is 195 Å². The second kappa shape index (κ2) is 10.1. The number of fused-ring (bicyclic) bond motifs is 1. The van der Waals surface area contributed by atoms with Crippen LogP contribution in [-0.4, -0.2) is 21.4 Å². The largest absolute Gasteiger partial charge is 0.350 e. The molecule has 4 aromatic rings. The van der Waals surface area contributed by atoms with Crippen molar-refractivity contribution < 1.29 is 14.0 Å². The summed E-state index contributed by atoms with van der Waals surface area (Å²) in [6.07, 6.45) is 1.59. The van der Waals surface area contributed by atoms with Gasteiger partial charge in [0, 0.05) is 24.2 Å². The molecular formula is C26H23FN4O3. The first-order chi connectivity index (χ1) is 16.4. The summed E-state index contributed by atoms with van der Waals surface area (Å²) in [7, 11) is 0. The van der Waals surface area contributed by atoms with Crippen LogP contribution in [-0.2, 0) is 11.3 Å². The number of hydrogen-bond acceptors (Lipinski definition) is 4. The van der Waals surface area contributed by atoms with Gasteiger partial charge in [-0.05, 0) is 61.0 Å². The van der Waals surface area contributed by atoms with Gasteiger partial charge in [0.1, 0.15) is 5.82 Å². The van der Waals surface area contributed by atoms with E-state index >= 15 is 0 Å². The fourth-order valence-corrected chi connectivity index (χ4v) is 3.54. The van der Waals surface area contributed by atoms with Crippen LogP contribution in [0.2, 0.25) is 0 Å². The zero-order valence-corrected chi connectivity index (χ0v) is 18.5. The summed E-state index contributed by atoms with van der Waals surface area (Å²) in [6.45, 7) is 2.08. The van der Waals surface area contributed by atoms with E-state index in [2.05, 4.69) is 15.6 Å². The van der Waals surface area contributed by atoms with Crippen molar-refractivity contribution in [2.75, 3.05) is 5.32 Å². The number of aryl methyl sites for hydroxylation is 1. The molecule has 0 aliphatic carbocycles. The van der Waals surface area contributed by atoms with E-state index in [0.29, 0.717) is 22.2 Å². The van der Waals surface area contributed by atoms with Crippen molar-refractivity contribution in [2.45, 2.75) is 25.9 Å². The zero-order valence-electron chi connectivity index (χ0n) is 18.5. The van der Waals surface area contributed by atoms with E-state index < -0.39 is 5.82 Å². The number of aromatic nitrogens is 2. The first kappa shape index (κ1) is 22.8. The Balaban J connectivity index is 1.31. The molecule has 3 aromatic carbocycles. The van der Waals surface area contributed by atoms with Crippen molar-refractivity contribution in [1.29, 1.82) is 0 Å². The van der Waals surface area contributed by atoms with Gasteiger partial charge in [0.25, 0.3) is 11.5 Å². The molecule has 0 fully saturated rings. The van der Waals surface area contributed by atoms with Crippen molar-refractivity contribution in [1.82, 2.24) is 14.9 Å². The smallest absolute Gasteiger partial charge is 0.261 e. The zero-order chi connectivity index (χ0) is 24.1. The van der Waals surface area contributed by atoms with Crippen molar-refractivity contribution >= 4 is 28.4 Å². The van der Waals surface area contributed by atoms with Gasteiger partial charge in [-0.3, -0.25) is 19.0 Å². The number of carbonyl (C=O) groups excluding carboxylic acids is 2. The van der Waals surface area contributed by atoms with Crippen molar-refractivity contribution in [3.8, 4) is 0 Å². The molecule has 0 spiro atoms. The predicted octanol–water partition coefficient (Wildman–Crippen LogP) is 4.06. The minimum absolute atomic E-state index is 0.135.